The van der Waals surface area contributed by atoms with E-state index in [0.29, 0.717) is 16.6 Å². The molecule has 3 rings (SSSR count). The number of pyridine rings is 1. The fourth-order valence-electron chi connectivity index (χ4n) is 4.18. The quantitative estimate of drug-likeness (QED) is 0.404. The van der Waals surface area contributed by atoms with Crippen molar-refractivity contribution in [3.8, 4) is 0 Å². The minimum atomic E-state index is -1.14. The van der Waals surface area contributed by atoms with E-state index in [9.17, 15) is 34.2 Å². The molecule has 3 amide bonds. The van der Waals surface area contributed by atoms with Crippen molar-refractivity contribution in [3.05, 3.63) is 36.0 Å². The Labute approximate surface area is 219 Å². The van der Waals surface area contributed by atoms with Crippen LogP contribution in [0.1, 0.15) is 30.3 Å². The molecule has 13 nitrogen and oxygen atoms in total. The Hall–Kier alpha value is -4.42. The Morgan fingerprint density at radius 3 is 2.34 bits per heavy atom. The molecule has 0 saturated carbocycles. The van der Waals surface area contributed by atoms with Crippen molar-refractivity contribution in [3.63, 3.8) is 0 Å². The van der Waals surface area contributed by atoms with E-state index in [4.69, 9.17) is 4.74 Å². The zero-order valence-corrected chi connectivity index (χ0v) is 21.3. The lowest BCUT2D eigenvalue weighted by Crippen LogP contribution is -2.56. The Bertz CT molecular complexity index is 1210. The van der Waals surface area contributed by atoms with Crippen LogP contribution in [0.25, 0.3) is 10.9 Å². The molecule has 2 aromatic rings. The number of anilines is 1. The highest BCUT2D eigenvalue weighted by atomic mass is 16.6. The second-order valence-corrected chi connectivity index (χ2v) is 8.76. The van der Waals surface area contributed by atoms with Gasteiger partial charge in [0.25, 0.3) is 5.91 Å². The lowest BCUT2D eigenvalue weighted by molar-refractivity contribution is -0.138. The topological polar surface area (TPSA) is 170 Å². The van der Waals surface area contributed by atoms with Crippen LogP contribution in [0.15, 0.2) is 30.3 Å². The second-order valence-electron chi connectivity index (χ2n) is 8.76. The van der Waals surface area contributed by atoms with E-state index in [2.05, 4.69) is 10.3 Å². The molecule has 204 valence electrons. The molecule has 13 heteroatoms. The summed E-state index contributed by atoms with van der Waals surface area (Å²) in [5.74, 6) is -3.34. The summed E-state index contributed by atoms with van der Waals surface area (Å²) >= 11 is 0. The Balaban J connectivity index is 1.81. The molecule has 1 aromatic carbocycles. The van der Waals surface area contributed by atoms with Gasteiger partial charge in [-0.15, -0.1) is 0 Å². The van der Waals surface area contributed by atoms with Crippen LogP contribution in [0, 0.1) is 0 Å². The summed E-state index contributed by atoms with van der Waals surface area (Å²) in [5, 5.41) is 21.7. The summed E-state index contributed by atoms with van der Waals surface area (Å²) in [6.07, 6.45) is -0.962. The summed E-state index contributed by atoms with van der Waals surface area (Å²) in [7, 11) is 1.58. The van der Waals surface area contributed by atoms with Crippen molar-refractivity contribution in [1.82, 2.24) is 20.1 Å². The zero-order valence-electron chi connectivity index (χ0n) is 21.3. The molecule has 1 aliphatic rings. The van der Waals surface area contributed by atoms with Crippen LogP contribution in [-0.2, 0) is 19.1 Å². The Kier molecular flexibility index (Phi) is 9.41. The number of benzene rings is 1. The van der Waals surface area contributed by atoms with Gasteiger partial charge >= 0.3 is 18.0 Å². The maximum Gasteiger partial charge on any atom is 0.409 e. The van der Waals surface area contributed by atoms with Gasteiger partial charge in [0.1, 0.15) is 18.3 Å². The van der Waals surface area contributed by atoms with E-state index in [1.165, 1.54) is 20.8 Å². The summed E-state index contributed by atoms with van der Waals surface area (Å²) in [4.78, 5) is 69.8. The first kappa shape index (κ1) is 28.2. The number of carbonyl (C=O) groups is 5. The van der Waals surface area contributed by atoms with Crippen LogP contribution < -0.4 is 10.2 Å². The number of rotatable bonds is 10. The highest BCUT2D eigenvalue weighted by molar-refractivity contribution is 6.02. The summed E-state index contributed by atoms with van der Waals surface area (Å²) in [6, 6.07) is 7.24. The fourth-order valence-corrected chi connectivity index (χ4v) is 4.18. The van der Waals surface area contributed by atoms with Gasteiger partial charge in [-0.25, -0.2) is 9.78 Å². The van der Waals surface area contributed by atoms with Gasteiger partial charge in [-0.05, 0) is 25.5 Å². The van der Waals surface area contributed by atoms with E-state index in [-0.39, 0.29) is 57.9 Å². The van der Waals surface area contributed by atoms with E-state index in [1.807, 2.05) is 0 Å². The first-order chi connectivity index (χ1) is 18.1. The number of hydrogen-bond acceptors (Lipinski definition) is 8. The molecule has 3 N–H and O–H groups in total. The zero-order chi connectivity index (χ0) is 27.8. The number of piperazine rings is 1. The van der Waals surface area contributed by atoms with Crippen LogP contribution in [0.3, 0.4) is 0 Å². The number of carboxylic acid groups (broad SMARTS) is 2. The van der Waals surface area contributed by atoms with Gasteiger partial charge in [0.15, 0.2) is 0 Å². The van der Waals surface area contributed by atoms with E-state index >= 15 is 0 Å². The normalized spacial score (nSPS) is 14.1. The number of fused-ring (bicyclic) bond motifs is 1. The van der Waals surface area contributed by atoms with Gasteiger partial charge in [0.05, 0.1) is 12.1 Å². The third-order valence-corrected chi connectivity index (χ3v) is 6.08. The number of carboxylic acids is 2. The SMILES string of the molecule is CCOC(=O)N1CCN(C(=O)C(CCC(=O)O)NC(=O)c2cc(N(C)CC(=O)O)c3ccccc3n2)CC1. The number of para-hydroxylation sites is 1. The molecular formula is C25H31N5O8. The summed E-state index contributed by atoms with van der Waals surface area (Å²) < 4.78 is 4.99. The van der Waals surface area contributed by atoms with Crippen molar-refractivity contribution >= 4 is 46.4 Å². The number of amides is 3. The molecule has 0 radical (unpaired) electrons. The van der Waals surface area contributed by atoms with Crippen molar-refractivity contribution < 1.29 is 38.9 Å². The summed E-state index contributed by atoms with van der Waals surface area (Å²) in [5.41, 5.74) is 0.874. The molecule has 0 spiro atoms. The van der Waals surface area contributed by atoms with Crippen LogP contribution in [0.4, 0.5) is 10.5 Å². The lowest BCUT2D eigenvalue weighted by Gasteiger charge is -2.36. The standard InChI is InChI=1S/C25H31N5O8/c1-3-38-25(37)30-12-10-29(11-13-30)24(36)18(8-9-21(31)32)27-23(35)19-14-20(28(2)15-22(33)34)16-6-4-5-7-17(16)26-19/h4-7,14,18H,3,8-13,15H2,1-2H3,(H,27,35)(H,31,32)(H,33,34). The third kappa shape index (κ3) is 7.08. The maximum atomic E-state index is 13.3. The summed E-state index contributed by atoms with van der Waals surface area (Å²) in [6.45, 7) is 2.52. The molecule has 2 heterocycles. The first-order valence-electron chi connectivity index (χ1n) is 12.2. The Morgan fingerprint density at radius 1 is 1.05 bits per heavy atom. The van der Waals surface area contributed by atoms with Gasteiger partial charge in [-0.2, -0.15) is 0 Å². The van der Waals surface area contributed by atoms with Crippen molar-refractivity contribution in [1.29, 1.82) is 0 Å². The van der Waals surface area contributed by atoms with Gasteiger partial charge in [-0.3, -0.25) is 19.2 Å². The number of hydrogen-bond donors (Lipinski definition) is 3. The molecule has 0 aliphatic carbocycles. The molecule has 0 bridgehead atoms. The number of nitrogens with zero attached hydrogens (tertiary/aromatic N) is 4. The number of ether oxygens (including phenoxy) is 1. The fraction of sp³-hybridized carbons (Fsp3) is 0.440. The predicted molar refractivity (Wildman–Crippen MR) is 136 cm³/mol. The minimum absolute atomic E-state index is 0.0452. The first-order valence-corrected chi connectivity index (χ1v) is 12.2. The molecule has 1 aliphatic heterocycles. The monoisotopic (exact) mass is 529 g/mol. The molecular weight excluding hydrogens is 498 g/mol. The number of aliphatic carboxylic acids is 2. The van der Waals surface area contributed by atoms with E-state index in [1.54, 1.807) is 38.2 Å². The van der Waals surface area contributed by atoms with Gasteiger partial charge < -0.3 is 35.0 Å². The maximum absolute atomic E-state index is 13.3. The predicted octanol–water partition coefficient (Wildman–Crippen LogP) is 1.02. The molecule has 38 heavy (non-hydrogen) atoms. The molecule has 1 fully saturated rings. The molecule has 1 saturated heterocycles. The van der Waals surface area contributed by atoms with Gasteiger partial charge in [0.2, 0.25) is 5.91 Å². The average Bonchev–Trinajstić information content (AvgIpc) is 2.89. The second kappa shape index (κ2) is 12.7. The van der Waals surface area contributed by atoms with Crippen LogP contribution in [0.5, 0.6) is 0 Å². The highest BCUT2D eigenvalue weighted by Gasteiger charge is 2.31. The molecule has 1 unspecified atom stereocenters. The smallest absolute Gasteiger partial charge is 0.409 e. The van der Waals surface area contributed by atoms with E-state index < -0.39 is 35.9 Å². The highest BCUT2D eigenvalue weighted by Crippen LogP contribution is 2.26. The van der Waals surface area contributed by atoms with Crippen molar-refractivity contribution in [2.75, 3.05) is 51.3 Å². The van der Waals surface area contributed by atoms with Crippen molar-refractivity contribution in [2.24, 2.45) is 0 Å². The Morgan fingerprint density at radius 2 is 1.71 bits per heavy atom. The largest absolute Gasteiger partial charge is 0.481 e. The average molecular weight is 530 g/mol. The van der Waals surface area contributed by atoms with Crippen LogP contribution in [0.2, 0.25) is 0 Å². The number of nitrogens with one attached hydrogen (secondary N) is 1. The number of likely N-dealkylation sites (N-methyl/N-ethyl adjacent to an activating group) is 1. The lowest BCUT2D eigenvalue weighted by atomic mass is 10.1. The number of aromatic nitrogens is 1. The van der Waals surface area contributed by atoms with Gasteiger partial charge in [-0.1, -0.05) is 18.2 Å². The molecule has 1 atom stereocenters. The van der Waals surface area contributed by atoms with E-state index in [0.717, 1.165) is 0 Å². The third-order valence-electron chi connectivity index (χ3n) is 6.08. The van der Waals surface area contributed by atoms with Gasteiger partial charge in [0, 0.05) is 50.7 Å². The minimum Gasteiger partial charge on any atom is -0.481 e. The molecule has 1 aromatic heterocycles. The van der Waals surface area contributed by atoms with Crippen molar-refractivity contribution in [2.45, 2.75) is 25.8 Å². The van der Waals surface area contributed by atoms with Crippen LogP contribution >= 0.6 is 0 Å². The van der Waals surface area contributed by atoms with Crippen LogP contribution in [-0.4, -0.2) is 107 Å². The number of carbonyl (C=O) groups excluding carboxylic acids is 3.